The predicted octanol–water partition coefficient (Wildman–Crippen LogP) is 3.82. The van der Waals surface area contributed by atoms with Crippen LogP contribution >= 0.6 is 0 Å². The van der Waals surface area contributed by atoms with Crippen molar-refractivity contribution in [3.05, 3.63) is 47.8 Å². The SMILES string of the molecule is CC(C)CC(=O)N(Cc1cnc(S(=O)(=O)Cc2ccccc2)n1C[C@@H]1CCCO1)C(C)C. The van der Waals surface area contributed by atoms with Crippen molar-refractivity contribution in [2.24, 2.45) is 5.92 Å². The number of amides is 1. The van der Waals surface area contributed by atoms with Crippen LogP contribution < -0.4 is 0 Å². The van der Waals surface area contributed by atoms with Gasteiger partial charge in [-0.25, -0.2) is 13.4 Å². The van der Waals surface area contributed by atoms with Gasteiger partial charge in [0.25, 0.3) is 0 Å². The second-order valence-electron chi connectivity index (χ2n) is 9.24. The first kappa shape index (κ1) is 24.5. The van der Waals surface area contributed by atoms with Crippen molar-refractivity contribution in [2.75, 3.05) is 6.61 Å². The summed E-state index contributed by atoms with van der Waals surface area (Å²) in [4.78, 5) is 19.0. The zero-order valence-corrected chi connectivity index (χ0v) is 20.3. The number of imidazole rings is 1. The molecule has 0 unspecified atom stereocenters. The van der Waals surface area contributed by atoms with Crippen LogP contribution in [0.25, 0.3) is 0 Å². The maximum atomic E-state index is 13.3. The molecule has 1 aromatic carbocycles. The highest BCUT2D eigenvalue weighted by atomic mass is 32.2. The fourth-order valence-electron chi connectivity index (χ4n) is 4.01. The molecule has 0 N–H and O–H groups in total. The van der Waals surface area contributed by atoms with Gasteiger partial charge in [-0.1, -0.05) is 44.2 Å². The van der Waals surface area contributed by atoms with Gasteiger partial charge in [0.15, 0.2) is 0 Å². The van der Waals surface area contributed by atoms with Gasteiger partial charge in [0.05, 0.1) is 36.8 Å². The van der Waals surface area contributed by atoms with E-state index in [-0.39, 0.29) is 34.9 Å². The lowest BCUT2D eigenvalue weighted by molar-refractivity contribution is -0.134. The lowest BCUT2D eigenvalue weighted by atomic mass is 10.1. The van der Waals surface area contributed by atoms with Crippen molar-refractivity contribution in [3.8, 4) is 0 Å². The highest BCUT2D eigenvalue weighted by Gasteiger charge is 2.29. The van der Waals surface area contributed by atoms with E-state index >= 15 is 0 Å². The van der Waals surface area contributed by atoms with Crippen molar-refractivity contribution >= 4 is 15.7 Å². The van der Waals surface area contributed by atoms with Crippen molar-refractivity contribution in [2.45, 2.75) is 83.1 Å². The molecule has 0 aliphatic carbocycles. The quantitative estimate of drug-likeness (QED) is 0.537. The van der Waals surface area contributed by atoms with Gasteiger partial charge >= 0.3 is 0 Å². The normalized spacial score (nSPS) is 16.8. The van der Waals surface area contributed by atoms with Gasteiger partial charge in [0.1, 0.15) is 0 Å². The average Bonchev–Trinajstić information content (AvgIpc) is 3.36. The van der Waals surface area contributed by atoms with Gasteiger partial charge < -0.3 is 14.2 Å². The fourth-order valence-corrected chi connectivity index (χ4v) is 5.51. The molecule has 1 saturated heterocycles. The predicted molar refractivity (Wildman–Crippen MR) is 124 cm³/mol. The summed E-state index contributed by atoms with van der Waals surface area (Å²) in [7, 11) is -3.67. The number of benzene rings is 1. The van der Waals surface area contributed by atoms with E-state index in [1.165, 1.54) is 0 Å². The lowest BCUT2D eigenvalue weighted by Gasteiger charge is -2.28. The summed E-state index contributed by atoms with van der Waals surface area (Å²) in [5, 5.41) is 0.0480. The smallest absolute Gasteiger partial charge is 0.228 e. The molecule has 7 nitrogen and oxygen atoms in total. The molecule has 0 bridgehead atoms. The second-order valence-corrected chi connectivity index (χ2v) is 11.1. The van der Waals surface area contributed by atoms with Crippen LogP contribution in [-0.2, 0) is 38.2 Å². The maximum absolute atomic E-state index is 13.3. The summed E-state index contributed by atoms with van der Waals surface area (Å²) in [6.45, 7) is 9.43. The summed E-state index contributed by atoms with van der Waals surface area (Å²) < 4.78 is 34.2. The van der Waals surface area contributed by atoms with E-state index in [0.29, 0.717) is 26.1 Å². The van der Waals surface area contributed by atoms with Crippen LogP contribution in [0.15, 0.2) is 41.7 Å². The van der Waals surface area contributed by atoms with Crippen LogP contribution in [0.2, 0.25) is 0 Å². The number of carbonyl (C=O) groups is 1. The van der Waals surface area contributed by atoms with E-state index < -0.39 is 9.84 Å². The standard InChI is InChI=1S/C24H35N3O4S/c1-18(2)13-23(28)26(19(3)4)15-21-14-25-24(27(21)16-22-11-8-12-31-22)32(29,30)17-20-9-6-5-7-10-20/h5-7,9-10,14,18-19,22H,8,11-13,15-17H2,1-4H3/t22-/m0/s1. The van der Waals surface area contributed by atoms with Gasteiger partial charge in [0, 0.05) is 19.1 Å². The number of aromatic nitrogens is 2. The van der Waals surface area contributed by atoms with Gasteiger partial charge in [-0.15, -0.1) is 0 Å². The third-order valence-electron chi connectivity index (χ3n) is 5.65. The fraction of sp³-hybridized carbons (Fsp3) is 0.583. The van der Waals surface area contributed by atoms with Crippen LogP contribution in [-0.4, -0.2) is 47.5 Å². The molecule has 1 aliphatic heterocycles. The van der Waals surface area contributed by atoms with Crippen LogP contribution in [0.5, 0.6) is 0 Å². The molecule has 1 amide bonds. The minimum atomic E-state index is -3.67. The minimum absolute atomic E-state index is 0.00305. The molecule has 3 rings (SSSR count). The van der Waals surface area contributed by atoms with E-state index in [1.54, 1.807) is 27.8 Å². The molecule has 8 heteroatoms. The molecule has 2 heterocycles. The first-order valence-electron chi connectivity index (χ1n) is 11.4. The van der Waals surface area contributed by atoms with E-state index in [2.05, 4.69) is 4.98 Å². The third-order valence-corrected chi connectivity index (χ3v) is 7.24. The summed E-state index contributed by atoms with van der Waals surface area (Å²) in [5.41, 5.74) is 1.44. The zero-order valence-electron chi connectivity index (χ0n) is 19.5. The summed E-state index contributed by atoms with van der Waals surface area (Å²) in [6.07, 6.45) is 3.86. The molecule has 0 spiro atoms. The molecule has 1 aliphatic rings. The van der Waals surface area contributed by atoms with E-state index in [1.807, 2.05) is 45.9 Å². The second kappa shape index (κ2) is 10.6. The molecule has 176 valence electrons. The topological polar surface area (TPSA) is 81.5 Å². The first-order valence-corrected chi connectivity index (χ1v) is 13.0. The van der Waals surface area contributed by atoms with E-state index in [0.717, 1.165) is 24.1 Å². The summed E-state index contributed by atoms with van der Waals surface area (Å²) in [5.74, 6) is 0.201. The molecule has 1 atom stereocenters. The summed E-state index contributed by atoms with van der Waals surface area (Å²) >= 11 is 0. The van der Waals surface area contributed by atoms with Gasteiger partial charge in [-0.05, 0) is 38.2 Å². The Balaban J connectivity index is 1.93. The van der Waals surface area contributed by atoms with Crippen LogP contribution in [0.4, 0.5) is 0 Å². The van der Waals surface area contributed by atoms with Gasteiger partial charge in [0.2, 0.25) is 20.9 Å². The molecule has 32 heavy (non-hydrogen) atoms. The van der Waals surface area contributed by atoms with Crippen LogP contribution in [0, 0.1) is 5.92 Å². The number of sulfone groups is 1. The molecule has 1 fully saturated rings. The number of hydrogen-bond acceptors (Lipinski definition) is 5. The Morgan fingerprint density at radius 3 is 2.53 bits per heavy atom. The van der Waals surface area contributed by atoms with Crippen molar-refractivity contribution < 1.29 is 17.9 Å². The lowest BCUT2D eigenvalue weighted by Crippen LogP contribution is -2.38. The van der Waals surface area contributed by atoms with Crippen molar-refractivity contribution in [1.29, 1.82) is 0 Å². The van der Waals surface area contributed by atoms with Crippen LogP contribution in [0.1, 0.15) is 58.2 Å². The largest absolute Gasteiger partial charge is 0.376 e. The van der Waals surface area contributed by atoms with Gasteiger partial charge in [-0.2, -0.15) is 0 Å². The van der Waals surface area contributed by atoms with Crippen molar-refractivity contribution in [1.82, 2.24) is 14.5 Å². The number of nitrogens with zero attached hydrogens (tertiary/aromatic N) is 3. The van der Waals surface area contributed by atoms with Gasteiger partial charge in [-0.3, -0.25) is 4.79 Å². The summed E-state index contributed by atoms with van der Waals surface area (Å²) in [6, 6.07) is 9.12. The Bertz CT molecular complexity index is 994. The number of carbonyl (C=O) groups excluding carboxylic acids is 1. The number of rotatable bonds is 10. The molecular weight excluding hydrogens is 426 g/mol. The molecule has 1 aromatic heterocycles. The Morgan fingerprint density at radius 1 is 1.22 bits per heavy atom. The number of ether oxygens (including phenoxy) is 1. The molecule has 0 radical (unpaired) electrons. The van der Waals surface area contributed by atoms with E-state index in [4.69, 9.17) is 4.74 Å². The first-order chi connectivity index (χ1) is 15.2. The van der Waals surface area contributed by atoms with Crippen molar-refractivity contribution in [3.63, 3.8) is 0 Å². The highest BCUT2D eigenvalue weighted by molar-refractivity contribution is 7.90. The minimum Gasteiger partial charge on any atom is -0.376 e. The molecular formula is C24H35N3O4S. The molecule has 0 saturated carbocycles. The maximum Gasteiger partial charge on any atom is 0.228 e. The highest BCUT2D eigenvalue weighted by Crippen LogP contribution is 2.23. The van der Waals surface area contributed by atoms with Crippen LogP contribution in [0.3, 0.4) is 0 Å². The Morgan fingerprint density at radius 2 is 1.94 bits per heavy atom. The Hall–Kier alpha value is -2.19. The monoisotopic (exact) mass is 461 g/mol. The third kappa shape index (κ3) is 6.19. The Labute approximate surface area is 191 Å². The van der Waals surface area contributed by atoms with E-state index in [9.17, 15) is 13.2 Å². The average molecular weight is 462 g/mol. The molecule has 2 aromatic rings. The Kier molecular flexibility index (Phi) is 8.11. The zero-order chi connectivity index (χ0) is 23.3. The number of hydrogen-bond donors (Lipinski definition) is 0.